The van der Waals surface area contributed by atoms with Crippen LogP contribution in [0.25, 0.3) is 0 Å². The summed E-state index contributed by atoms with van der Waals surface area (Å²) in [7, 11) is 0. The zero-order chi connectivity index (χ0) is 31.8. The number of anilines is 2. The third kappa shape index (κ3) is 7.51. The summed E-state index contributed by atoms with van der Waals surface area (Å²) in [5.74, 6) is 0. The van der Waals surface area contributed by atoms with E-state index in [4.69, 9.17) is 0 Å². The van der Waals surface area contributed by atoms with Crippen molar-refractivity contribution in [2.75, 3.05) is 7.08 Å². The predicted octanol–water partition coefficient (Wildman–Crippen LogP) is 8.54. The first-order chi connectivity index (χ1) is 19.8. The molecule has 0 spiro atoms. The maximum absolute atomic E-state index is 13.7. The summed E-state index contributed by atoms with van der Waals surface area (Å²) in [4.78, 5) is 0. The number of nitrogens with one attached hydrogen (secondary N) is 2. The zero-order valence-electron chi connectivity index (χ0n) is 21.3. The average molecular weight is 729 g/mol. The van der Waals surface area contributed by atoms with Crippen LogP contribution in [0.5, 0.6) is 0 Å². The van der Waals surface area contributed by atoms with Crippen molar-refractivity contribution in [2.24, 2.45) is 0 Å². The van der Waals surface area contributed by atoms with E-state index in [1.807, 2.05) is 0 Å². The van der Waals surface area contributed by atoms with Gasteiger partial charge in [-0.3, -0.25) is 0 Å². The molecule has 0 amide bonds. The third-order valence-electron chi connectivity index (χ3n) is 6.25. The molecule has 0 radical (unpaired) electrons. The molecule has 4 rings (SSSR count). The minimum absolute atomic E-state index is 0.0940. The van der Waals surface area contributed by atoms with Gasteiger partial charge in [-0.1, -0.05) is 0 Å². The van der Waals surface area contributed by atoms with E-state index < -0.39 is 77.3 Å². The summed E-state index contributed by atoms with van der Waals surface area (Å²) in [5.41, 5.74) is -8.04. The fraction of sp³-hybridized carbons (Fsp3) is 0.143. The molecule has 228 valence electrons. The standard InChI is InChI=1S/2C8H4F6N.2C6H5.Sn/c2*9-7(10,11)4-1-5(8(12,13)14)3-6(15)2-4;2*1-2-4-6-5-3-1;/h2*1-3,15H;2*1-5H;/q2*-1;;;+2. The fourth-order valence-electron chi connectivity index (χ4n) is 4.35. The molecule has 0 fully saturated rings. The number of alkyl halides is 12. The molecule has 0 bridgehead atoms. The van der Waals surface area contributed by atoms with Crippen LogP contribution >= 0.6 is 0 Å². The molecule has 0 aliphatic rings. The second-order valence-electron chi connectivity index (χ2n) is 9.32. The Morgan fingerprint density at radius 2 is 0.628 bits per heavy atom. The number of hydrogen-bond acceptors (Lipinski definition) is 2. The first-order valence-electron chi connectivity index (χ1n) is 12.1. The molecule has 0 unspecified atom stereocenters. The van der Waals surface area contributed by atoms with Crippen LogP contribution < -0.4 is 14.2 Å². The van der Waals surface area contributed by atoms with Gasteiger partial charge in [0, 0.05) is 0 Å². The molecule has 0 saturated heterocycles. The Hall–Kier alpha value is -3.56. The van der Waals surface area contributed by atoms with Gasteiger partial charge in [0.2, 0.25) is 0 Å². The second-order valence-corrected chi connectivity index (χ2v) is 18.3. The van der Waals surface area contributed by atoms with E-state index in [1.165, 1.54) is 60.7 Å². The van der Waals surface area contributed by atoms with E-state index >= 15 is 0 Å². The third-order valence-corrected chi connectivity index (χ3v) is 16.9. The van der Waals surface area contributed by atoms with Gasteiger partial charge in [-0.25, -0.2) is 0 Å². The second kappa shape index (κ2) is 11.5. The molecular formula is C28H18F12N2Sn. The van der Waals surface area contributed by atoms with Gasteiger partial charge in [0.1, 0.15) is 0 Å². The van der Waals surface area contributed by atoms with E-state index in [-0.39, 0.29) is 19.3 Å². The van der Waals surface area contributed by atoms with E-state index in [0.717, 1.165) is 0 Å². The number of halogens is 12. The Kier molecular flexibility index (Phi) is 8.66. The molecule has 0 aliphatic carbocycles. The van der Waals surface area contributed by atoms with E-state index in [1.54, 1.807) is 0 Å². The summed E-state index contributed by atoms with van der Waals surface area (Å²) in [5, 5.41) is 0. The first kappa shape index (κ1) is 32.4. The van der Waals surface area contributed by atoms with Gasteiger partial charge >= 0.3 is 241 Å². The van der Waals surface area contributed by atoms with Crippen molar-refractivity contribution in [1.29, 1.82) is 0 Å². The van der Waals surface area contributed by atoms with Gasteiger partial charge in [0.05, 0.1) is 0 Å². The van der Waals surface area contributed by atoms with Crippen LogP contribution in [-0.2, 0) is 24.7 Å². The normalized spacial score (nSPS) is 13.1. The van der Waals surface area contributed by atoms with Crippen LogP contribution in [0.4, 0.5) is 64.1 Å². The van der Waals surface area contributed by atoms with E-state index in [9.17, 15) is 52.7 Å². The van der Waals surface area contributed by atoms with Crippen molar-refractivity contribution >= 4 is 37.5 Å². The maximum atomic E-state index is 13.7. The van der Waals surface area contributed by atoms with Gasteiger partial charge in [-0.05, 0) is 0 Å². The summed E-state index contributed by atoms with van der Waals surface area (Å²) < 4.78 is 170. The average Bonchev–Trinajstić information content (AvgIpc) is 2.91. The van der Waals surface area contributed by atoms with Gasteiger partial charge < -0.3 is 0 Å². The van der Waals surface area contributed by atoms with Crippen LogP contribution in [0.1, 0.15) is 22.3 Å². The van der Waals surface area contributed by atoms with Crippen LogP contribution in [0.2, 0.25) is 0 Å². The predicted molar refractivity (Wildman–Crippen MR) is 138 cm³/mol. The van der Waals surface area contributed by atoms with Crippen LogP contribution in [0, 0.1) is 0 Å². The molecule has 0 saturated carbocycles. The first-order valence-corrected chi connectivity index (χ1v) is 17.8. The molecular weight excluding hydrogens is 711 g/mol. The topological polar surface area (TPSA) is 24.1 Å². The molecule has 0 atom stereocenters. The Morgan fingerprint density at radius 3 is 0.860 bits per heavy atom. The van der Waals surface area contributed by atoms with Crippen LogP contribution in [-0.4, -0.2) is 18.9 Å². The monoisotopic (exact) mass is 730 g/mol. The van der Waals surface area contributed by atoms with E-state index in [2.05, 4.69) is 7.08 Å². The minimum atomic E-state index is -5.41. The quantitative estimate of drug-likeness (QED) is 0.154. The molecule has 4 aromatic rings. The molecule has 15 heteroatoms. The van der Waals surface area contributed by atoms with Crippen molar-refractivity contribution < 1.29 is 52.7 Å². The van der Waals surface area contributed by atoms with E-state index in [0.29, 0.717) is 24.3 Å². The number of benzene rings is 4. The molecule has 2 N–H and O–H groups in total. The van der Waals surface area contributed by atoms with Gasteiger partial charge in [0.25, 0.3) is 0 Å². The SMILES string of the molecule is FC(F)(F)c1cc([NH][Sn]([NH]c2cc(C(F)(F)F)cc(C(F)(F)F)c2)([c]2ccccc2)[c]2ccccc2)cc(C(F)(F)F)c1. The Morgan fingerprint density at radius 1 is 0.372 bits per heavy atom. The Labute approximate surface area is 240 Å². The van der Waals surface area contributed by atoms with Gasteiger partial charge in [-0.15, -0.1) is 0 Å². The van der Waals surface area contributed by atoms with Crippen molar-refractivity contribution in [3.05, 3.63) is 119 Å². The summed E-state index contributed by atoms with van der Waals surface area (Å²) in [6.45, 7) is 0. The molecule has 0 aromatic heterocycles. The van der Waals surface area contributed by atoms with Gasteiger partial charge in [0.15, 0.2) is 0 Å². The molecule has 4 aromatic carbocycles. The zero-order valence-corrected chi connectivity index (χ0v) is 24.1. The Balaban J connectivity index is 2.03. The summed E-state index contributed by atoms with van der Waals surface area (Å²) >= 11 is -5.41. The van der Waals surface area contributed by atoms with Crippen molar-refractivity contribution in [3.63, 3.8) is 0 Å². The van der Waals surface area contributed by atoms with Gasteiger partial charge in [-0.2, -0.15) is 0 Å². The van der Waals surface area contributed by atoms with Crippen molar-refractivity contribution in [1.82, 2.24) is 0 Å². The fourth-order valence-corrected chi connectivity index (χ4v) is 14.4. The van der Waals surface area contributed by atoms with Crippen LogP contribution in [0.3, 0.4) is 0 Å². The summed E-state index contributed by atoms with van der Waals surface area (Å²) in [6, 6.07) is 16.1. The summed E-state index contributed by atoms with van der Waals surface area (Å²) in [6.07, 6.45) is -20.9. The van der Waals surface area contributed by atoms with Crippen molar-refractivity contribution in [2.45, 2.75) is 24.7 Å². The number of hydrogen-bond donors (Lipinski definition) is 2. The molecule has 0 heterocycles. The van der Waals surface area contributed by atoms with Crippen molar-refractivity contribution in [3.8, 4) is 0 Å². The molecule has 0 aliphatic heterocycles. The van der Waals surface area contributed by atoms with Crippen LogP contribution in [0.15, 0.2) is 97.1 Å². The Bertz CT molecular complexity index is 1380. The molecule has 2 nitrogen and oxygen atoms in total. The number of rotatable bonds is 6. The molecule has 43 heavy (non-hydrogen) atoms.